The van der Waals surface area contributed by atoms with Gasteiger partial charge in [0, 0.05) is 5.92 Å². The normalized spacial score (nSPS) is 17.7. The van der Waals surface area contributed by atoms with Crippen LogP contribution in [0.15, 0.2) is 12.2 Å². The topological polar surface area (TPSA) is 37.3 Å². The first-order valence-electron chi connectivity index (χ1n) is 2.98. The van der Waals surface area contributed by atoms with E-state index in [0.717, 1.165) is 6.29 Å². The molecule has 0 fully saturated rings. The van der Waals surface area contributed by atoms with E-state index >= 15 is 0 Å². The number of aliphatic hydroxyl groups excluding tert-OH is 1. The van der Waals surface area contributed by atoms with Gasteiger partial charge in [0.1, 0.15) is 6.29 Å². The lowest BCUT2D eigenvalue weighted by atomic mass is 10.2. The van der Waals surface area contributed by atoms with E-state index in [4.69, 9.17) is 5.11 Å². The van der Waals surface area contributed by atoms with Crippen LogP contribution in [0.4, 0.5) is 0 Å². The van der Waals surface area contributed by atoms with Gasteiger partial charge >= 0.3 is 0 Å². The standard InChI is InChI=1S/C7H12O2/c1-6(5-8)3-4-7(2)9/h3-7,9H,1-2H3/b4-3+. The van der Waals surface area contributed by atoms with Crippen molar-refractivity contribution in [3.63, 3.8) is 0 Å². The number of rotatable bonds is 3. The molecule has 0 aromatic heterocycles. The third-order valence-electron chi connectivity index (χ3n) is 0.908. The van der Waals surface area contributed by atoms with Crippen molar-refractivity contribution < 1.29 is 9.90 Å². The zero-order valence-corrected chi connectivity index (χ0v) is 5.74. The van der Waals surface area contributed by atoms with Crippen LogP contribution >= 0.6 is 0 Å². The Morgan fingerprint density at radius 3 is 2.22 bits per heavy atom. The molecule has 0 bridgehead atoms. The summed E-state index contributed by atoms with van der Waals surface area (Å²) in [5, 5.41) is 8.69. The summed E-state index contributed by atoms with van der Waals surface area (Å²) in [7, 11) is 0. The smallest absolute Gasteiger partial charge is 0.126 e. The third-order valence-corrected chi connectivity index (χ3v) is 0.908. The maximum absolute atomic E-state index is 9.98. The maximum Gasteiger partial charge on any atom is 0.126 e. The van der Waals surface area contributed by atoms with Crippen LogP contribution in [-0.2, 0) is 4.79 Å². The van der Waals surface area contributed by atoms with E-state index in [2.05, 4.69) is 0 Å². The molecular formula is C7H12O2. The van der Waals surface area contributed by atoms with Gasteiger partial charge in [-0.3, -0.25) is 0 Å². The Bertz CT molecular complexity index is 105. The number of aliphatic hydroxyl groups is 1. The molecule has 0 aliphatic carbocycles. The minimum Gasteiger partial charge on any atom is -0.389 e. The summed E-state index contributed by atoms with van der Waals surface area (Å²) in [5.41, 5.74) is 0. The SMILES string of the molecule is CC(O)/C=C/C(C)C=O. The Morgan fingerprint density at radius 2 is 1.89 bits per heavy atom. The van der Waals surface area contributed by atoms with Crippen LogP contribution in [0.3, 0.4) is 0 Å². The van der Waals surface area contributed by atoms with Crippen molar-refractivity contribution in [2.24, 2.45) is 5.92 Å². The Balaban J connectivity index is 3.56. The summed E-state index contributed by atoms with van der Waals surface area (Å²) in [6.45, 7) is 3.42. The molecule has 0 aliphatic heterocycles. The van der Waals surface area contributed by atoms with Gasteiger partial charge in [-0.25, -0.2) is 0 Å². The molecule has 0 aromatic carbocycles. The van der Waals surface area contributed by atoms with Crippen molar-refractivity contribution in [2.45, 2.75) is 20.0 Å². The molecule has 2 nitrogen and oxygen atoms in total. The van der Waals surface area contributed by atoms with Crippen LogP contribution in [0.5, 0.6) is 0 Å². The summed E-state index contributed by atoms with van der Waals surface area (Å²) < 4.78 is 0. The predicted molar refractivity (Wildman–Crippen MR) is 36.0 cm³/mol. The van der Waals surface area contributed by atoms with Crippen molar-refractivity contribution in [3.8, 4) is 0 Å². The van der Waals surface area contributed by atoms with Gasteiger partial charge in [-0.15, -0.1) is 0 Å². The van der Waals surface area contributed by atoms with Crippen LogP contribution in [0, 0.1) is 5.92 Å². The van der Waals surface area contributed by atoms with Gasteiger partial charge in [0.2, 0.25) is 0 Å². The Hall–Kier alpha value is -0.630. The van der Waals surface area contributed by atoms with Gasteiger partial charge in [0.25, 0.3) is 0 Å². The molecule has 2 heteroatoms. The van der Waals surface area contributed by atoms with Gasteiger partial charge in [-0.05, 0) is 6.92 Å². The average molecular weight is 128 g/mol. The van der Waals surface area contributed by atoms with E-state index in [1.54, 1.807) is 26.0 Å². The van der Waals surface area contributed by atoms with E-state index in [1.807, 2.05) is 0 Å². The average Bonchev–Trinajstić information content (AvgIpc) is 1.83. The molecule has 1 N–H and O–H groups in total. The first-order chi connectivity index (χ1) is 4.16. The summed E-state index contributed by atoms with van der Waals surface area (Å²) in [5.74, 6) is -0.0837. The van der Waals surface area contributed by atoms with Crippen molar-refractivity contribution in [2.75, 3.05) is 0 Å². The van der Waals surface area contributed by atoms with Crippen molar-refractivity contribution >= 4 is 6.29 Å². The number of carbonyl (C=O) groups excluding carboxylic acids is 1. The molecule has 0 aliphatic rings. The predicted octanol–water partition coefficient (Wildman–Crippen LogP) is 0.758. The van der Waals surface area contributed by atoms with E-state index in [9.17, 15) is 4.79 Å². The van der Waals surface area contributed by atoms with Crippen LogP contribution in [0.2, 0.25) is 0 Å². The zero-order valence-electron chi connectivity index (χ0n) is 5.74. The first kappa shape index (κ1) is 8.37. The summed E-state index contributed by atoms with van der Waals surface area (Å²) >= 11 is 0. The lowest BCUT2D eigenvalue weighted by Crippen LogP contribution is -1.95. The molecule has 9 heavy (non-hydrogen) atoms. The number of hydrogen-bond donors (Lipinski definition) is 1. The molecule has 2 atom stereocenters. The van der Waals surface area contributed by atoms with Crippen LogP contribution < -0.4 is 0 Å². The lowest BCUT2D eigenvalue weighted by molar-refractivity contribution is -0.109. The highest BCUT2D eigenvalue weighted by molar-refractivity contribution is 5.55. The van der Waals surface area contributed by atoms with E-state index in [0.29, 0.717) is 0 Å². The van der Waals surface area contributed by atoms with E-state index in [1.165, 1.54) is 0 Å². The molecule has 0 spiro atoms. The first-order valence-corrected chi connectivity index (χ1v) is 2.98. The number of carbonyl (C=O) groups is 1. The summed E-state index contributed by atoms with van der Waals surface area (Å²) in [6, 6.07) is 0. The summed E-state index contributed by atoms with van der Waals surface area (Å²) in [6.07, 6.45) is 3.66. The number of aldehydes is 1. The highest BCUT2D eigenvalue weighted by atomic mass is 16.3. The van der Waals surface area contributed by atoms with E-state index < -0.39 is 6.10 Å². The van der Waals surface area contributed by atoms with Gasteiger partial charge in [-0.2, -0.15) is 0 Å². The minimum atomic E-state index is -0.451. The van der Waals surface area contributed by atoms with Gasteiger partial charge in [0.05, 0.1) is 6.10 Å². The number of hydrogen-bond acceptors (Lipinski definition) is 2. The van der Waals surface area contributed by atoms with Gasteiger partial charge in [0.15, 0.2) is 0 Å². The molecule has 0 amide bonds. The second-order valence-electron chi connectivity index (χ2n) is 2.12. The number of allylic oxidation sites excluding steroid dienone is 1. The molecule has 0 aromatic rings. The second-order valence-corrected chi connectivity index (χ2v) is 2.12. The molecule has 0 heterocycles. The third kappa shape index (κ3) is 5.24. The molecule has 0 saturated heterocycles. The van der Waals surface area contributed by atoms with Crippen molar-refractivity contribution in [1.29, 1.82) is 0 Å². The fraction of sp³-hybridized carbons (Fsp3) is 0.571. The van der Waals surface area contributed by atoms with Crippen LogP contribution in [0.25, 0.3) is 0 Å². The molecule has 2 unspecified atom stereocenters. The van der Waals surface area contributed by atoms with Crippen LogP contribution in [-0.4, -0.2) is 17.5 Å². The summed E-state index contributed by atoms with van der Waals surface area (Å²) in [4.78, 5) is 9.98. The minimum absolute atomic E-state index is 0.0837. The van der Waals surface area contributed by atoms with Gasteiger partial charge in [-0.1, -0.05) is 19.1 Å². The molecule has 0 radical (unpaired) electrons. The second kappa shape index (κ2) is 4.27. The molecular weight excluding hydrogens is 116 g/mol. The fourth-order valence-corrected chi connectivity index (χ4v) is 0.381. The fourth-order valence-electron chi connectivity index (χ4n) is 0.381. The van der Waals surface area contributed by atoms with Crippen molar-refractivity contribution in [3.05, 3.63) is 12.2 Å². The Labute approximate surface area is 55.2 Å². The highest BCUT2D eigenvalue weighted by Crippen LogP contribution is 1.92. The quantitative estimate of drug-likeness (QED) is 0.450. The lowest BCUT2D eigenvalue weighted by Gasteiger charge is -1.94. The van der Waals surface area contributed by atoms with Crippen molar-refractivity contribution in [1.82, 2.24) is 0 Å². The Morgan fingerprint density at radius 1 is 1.33 bits per heavy atom. The maximum atomic E-state index is 9.98. The largest absolute Gasteiger partial charge is 0.389 e. The molecule has 52 valence electrons. The Kier molecular flexibility index (Phi) is 3.97. The zero-order chi connectivity index (χ0) is 7.28. The van der Waals surface area contributed by atoms with E-state index in [-0.39, 0.29) is 5.92 Å². The monoisotopic (exact) mass is 128 g/mol. The molecule has 0 rings (SSSR count). The van der Waals surface area contributed by atoms with Gasteiger partial charge < -0.3 is 9.90 Å². The van der Waals surface area contributed by atoms with Crippen LogP contribution in [0.1, 0.15) is 13.8 Å². The molecule has 0 saturated carbocycles. The highest BCUT2D eigenvalue weighted by Gasteiger charge is 1.91.